The van der Waals surface area contributed by atoms with Crippen molar-refractivity contribution in [2.75, 3.05) is 39.6 Å². The van der Waals surface area contributed by atoms with Crippen molar-refractivity contribution >= 4 is 8.56 Å². The third-order valence-corrected chi connectivity index (χ3v) is 12.3. The second-order valence-electron chi connectivity index (χ2n) is 12.7. The van der Waals surface area contributed by atoms with Gasteiger partial charge in [0.1, 0.15) is 0 Å². The van der Waals surface area contributed by atoms with Gasteiger partial charge in [-0.1, -0.05) is 39.5 Å². The lowest BCUT2D eigenvalue weighted by atomic mass is 9.93. The molecular formula is C32H64O6Si. The number of hydrogen-bond acceptors (Lipinski definition) is 6. The highest BCUT2D eigenvalue weighted by Gasteiger charge is 2.38. The Kier molecular flexibility index (Phi) is 18.8. The monoisotopic (exact) mass is 572 g/mol. The molecule has 7 heteroatoms. The molecular weight excluding hydrogens is 508 g/mol. The zero-order valence-corrected chi connectivity index (χ0v) is 27.6. The lowest BCUT2D eigenvalue weighted by Crippen LogP contribution is -2.46. The van der Waals surface area contributed by atoms with E-state index in [1.807, 2.05) is 0 Å². The molecule has 0 aromatic rings. The summed E-state index contributed by atoms with van der Waals surface area (Å²) in [6.45, 7) is 18.4. The first-order valence-electron chi connectivity index (χ1n) is 16.6. The highest BCUT2D eigenvalue weighted by molar-refractivity contribution is 6.67. The number of ether oxygens (including phenoxy) is 4. The zero-order chi connectivity index (χ0) is 28.3. The van der Waals surface area contributed by atoms with Crippen molar-refractivity contribution in [1.29, 1.82) is 0 Å². The minimum atomic E-state index is -2.31. The van der Waals surface area contributed by atoms with Crippen LogP contribution in [0.25, 0.3) is 0 Å². The molecule has 2 saturated heterocycles. The highest BCUT2D eigenvalue weighted by Crippen LogP contribution is 2.28. The fourth-order valence-corrected chi connectivity index (χ4v) is 9.67. The molecule has 0 aliphatic carbocycles. The molecule has 0 N–H and O–H groups in total. The molecule has 0 amide bonds. The van der Waals surface area contributed by atoms with Crippen LogP contribution in [0.2, 0.25) is 12.1 Å². The minimum Gasteiger partial charge on any atom is -0.392 e. The van der Waals surface area contributed by atoms with Crippen LogP contribution in [0.4, 0.5) is 0 Å². The summed E-state index contributed by atoms with van der Waals surface area (Å²) < 4.78 is 36.4. The van der Waals surface area contributed by atoms with Gasteiger partial charge in [-0.05, 0) is 103 Å². The van der Waals surface area contributed by atoms with Crippen molar-refractivity contribution < 1.29 is 27.8 Å². The molecule has 4 atom stereocenters. The van der Waals surface area contributed by atoms with E-state index in [0.717, 1.165) is 77.4 Å². The lowest BCUT2D eigenvalue weighted by Gasteiger charge is -2.34. The standard InChI is InChI=1S/C32H64O6Si/c1-27(2)37-39(38-28(3)4,25-13-21-33-19-11-7-9-15-29(5)31-17-23-35-31)26-14-22-34-20-12-8-10-16-30(6)32-18-24-36-32/h27-32H,7-26H2,1-6H3. The molecule has 2 aliphatic heterocycles. The molecule has 0 aromatic carbocycles. The van der Waals surface area contributed by atoms with Gasteiger partial charge in [-0.3, -0.25) is 0 Å². The average molecular weight is 573 g/mol. The Morgan fingerprint density at radius 2 is 0.949 bits per heavy atom. The zero-order valence-electron chi connectivity index (χ0n) is 26.6. The number of rotatable bonds is 26. The summed E-state index contributed by atoms with van der Waals surface area (Å²) in [6, 6.07) is 1.98. The van der Waals surface area contributed by atoms with Crippen LogP contribution in [0, 0.1) is 11.8 Å². The Bertz CT molecular complexity index is 531. The third-order valence-electron chi connectivity index (χ3n) is 8.23. The van der Waals surface area contributed by atoms with Gasteiger partial charge < -0.3 is 27.8 Å². The molecule has 39 heavy (non-hydrogen) atoms. The van der Waals surface area contributed by atoms with Crippen molar-refractivity contribution in [1.82, 2.24) is 0 Å². The smallest absolute Gasteiger partial charge is 0.338 e. The molecule has 232 valence electrons. The Balaban J connectivity index is 1.55. The van der Waals surface area contributed by atoms with Crippen LogP contribution >= 0.6 is 0 Å². The van der Waals surface area contributed by atoms with Gasteiger partial charge in [0, 0.05) is 51.8 Å². The molecule has 2 aliphatic rings. The molecule has 2 rings (SSSR count). The van der Waals surface area contributed by atoms with Gasteiger partial charge in [0.25, 0.3) is 0 Å². The fraction of sp³-hybridized carbons (Fsp3) is 1.00. The minimum absolute atomic E-state index is 0.178. The molecule has 0 bridgehead atoms. The van der Waals surface area contributed by atoms with Gasteiger partial charge in [-0.25, -0.2) is 0 Å². The Hall–Kier alpha value is -0.0231. The summed E-state index contributed by atoms with van der Waals surface area (Å²) >= 11 is 0. The topological polar surface area (TPSA) is 55.4 Å². The quantitative estimate of drug-likeness (QED) is 0.0772. The van der Waals surface area contributed by atoms with E-state index in [0.29, 0.717) is 24.0 Å². The maximum Gasteiger partial charge on any atom is 0.338 e. The van der Waals surface area contributed by atoms with Crippen LogP contribution in [0.5, 0.6) is 0 Å². The van der Waals surface area contributed by atoms with E-state index in [4.69, 9.17) is 27.8 Å². The third kappa shape index (κ3) is 15.7. The summed E-state index contributed by atoms with van der Waals surface area (Å²) in [4.78, 5) is 0. The molecule has 0 aromatic heterocycles. The van der Waals surface area contributed by atoms with E-state index in [1.54, 1.807) is 0 Å². The Morgan fingerprint density at radius 1 is 0.564 bits per heavy atom. The predicted octanol–water partition coefficient (Wildman–Crippen LogP) is 8.06. The molecule has 2 heterocycles. The first-order valence-corrected chi connectivity index (χ1v) is 18.8. The maximum atomic E-state index is 6.56. The van der Waals surface area contributed by atoms with E-state index in [-0.39, 0.29) is 12.2 Å². The largest absolute Gasteiger partial charge is 0.392 e. The van der Waals surface area contributed by atoms with Crippen molar-refractivity contribution in [2.24, 2.45) is 11.8 Å². The summed E-state index contributed by atoms with van der Waals surface area (Å²) in [6.07, 6.45) is 15.8. The Labute approximate surface area is 242 Å². The molecule has 0 spiro atoms. The normalized spacial score (nSPS) is 21.2. The molecule has 0 radical (unpaired) electrons. The average Bonchev–Trinajstić information content (AvgIpc) is 2.78. The second-order valence-corrected chi connectivity index (χ2v) is 16.0. The highest BCUT2D eigenvalue weighted by atomic mass is 28.4. The number of hydrogen-bond donors (Lipinski definition) is 0. The van der Waals surface area contributed by atoms with Crippen molar-refractivity contribution in [3.05, 3.63) is 0 Å². The van der Waals surface area contributed by atoms with Crippen LogP contribution in [-0.2, 0) is 27.8 Å². The van der Waals surface area contributed by atoms with E-state index in [9.17, 15) is 0 Å². The SMILES string of the molecule is CC(C)O[Si](CCCOCCCCCC(C)C1CCO1)(CCCOCCCCCC(C)C1CCO1)OC(C)C. The summed E-state index contributed by atoms with van der Waals surface area (Å²) in [5, 5.41) is 0. The van der Waals surface area contributed by atoms with Crippen LogP contribution in [0.1, 0.15) is 119 Å². The van der Waals surface area contributed by atoms with Crippen molar-refractivity contribution in [3.8, 4) is 0 Å². The molecule has 0 saturated carbocycles. The number of unbranched alkanes of at least 4 members (excludes halogenated alkanes) is 4. The first-order chi connectivity index (χ1) is 18.8. The van der Waals surface area contributed by atoms with Crippen molar-refractivity contribution in [2.45, 2.75) is 155 Å². The summed E-state index contributed by atoms with van der Waals surface area (Å²) in [5.41, 5.74) is 0. The Morgan fingerprint density at radius 3 is 1.28 bits per heavy atom. The maximum absolute atomic E-state index is 6.56. The molecule has 4 unspecified atom stereocenters. The van der Waals surface area contributed by atoms with E-state index < -0.39 is 8.56 Å². The van der Waals surface area contributed by atoms with E-state index >= 15 is 0 Å². The van der Waals surface area contributed by atoms with E-state index in [2.05, 4.69) is 41.5 Å². The van der Waals surface area contributed by atoms with Crippen LogP contribution in [-0.4, -0.2) is 72.6 Å². The van der Waals surface area contributed by atoms with Gasteiger partial charge in [-0.15, -0.1) is 0 Å². The van der Waals surface area contributed by atoms with Crippen LogP contribution in [0.3, 0.4) is 0 Å². The fourth-order valence-electron chi connectivity index (χ4n) is 5.81. The van der Waals surface area contributed by atoms with E-state index in [1.165, 1.54) is 51.4 Å². The predicted molar refractivity (Wildman–Crippen MR) is 163 cm³/mol. The first kappa shape index (κ1) is 35.2. The van der Waals surface area contributed by atoms with Crippen LogP contribution in [0.15, 0.2) is 0 Å². The van der Waals surface area contributed by atoms with Gasteiger partial charge >= 0.3 is 8.56 Å². The van der Waals surface area contributed by atoms with Gasteiger partial charge in [-0.2, -0.15) is 0 Å². The summed E-state index contributed by atoms with van der Waals surface area (Å²) in [7, 11) is -2.31. The summed E-state index contributed by atoms with van der Waals surface area (Å²) in [5.74, 6) is 1.41. The van der Waals surface area contributed by atoms with Gasteiger partial charge in [0.05, 0.1) is 12.2 Å². The lowest BCUT2D eigenvalue weighted by molar-refractivity contribution is -0.0825. The molecule has 6 nitrogen and oxygen atoms in total. The molecule has 2 fully saturated rings. The van der Waals surface area contributed by atoms with Crippen LogP contribution < -0.4 is 0 Å². The van der Waals surface area contributed by atoms with Crippen molar-refractivity contribution in [3.63, 3.8) is 0 Å². The second kappa shape index (κ2) is 20.8. The van der Waals surface area contributed by atoms with Gasteiger partial charge in [0.15, 0.2) is 0 Å². The van der Waals surface area contributed by atoms with Gasteiger partial charge in [0.2, 0.25) is 0 Å².